The number of esters is 1. The van der Waals surface area contributed by atoms with E-state index < -0.39 is 5.97 Å². The Kier molecular flexibility index (Phi) is 4.76. The van der Waals surface area contributed by atoms with E-state index in [9.17, 15) is 4.79 Å². The summed E-state index contributed by atoms with van der Waals surface area (Å²) >= 11 is 11.7. The number of aryl methyl sites for hydroxylation is 2. The quantitative estimate of drug-likeness (QED) is 0.666. The molecule has 0 saturated carbocycles. The minimum absolute atomic E-state index is 0.195. The summed E-state index contributed by atoms with van der Waals surface area (Å²) in [6.45, 7) is 4.24. The van der Waals surface area contributed by atoms with Crippen LogP contribution in [0.4, 0.5) is 5.69 Å². The Morgan fingerprint density at radius 2 is 1.86 bits per heavy atom. The van der Waals surface area contributed by atoms with Crippen molar-refractivity contribution in [3.05, 3.63) is 62.6 Å². The molecule has 0 saturated heterocycles. The molecule has 2 aromatic carbocycles. The fraction of sp³-hybridized carbons (Fsp3) is 0.188. The van der Waals surface area contributed by atoms with Crippen molar-refractivity contribution in [2.75, 3.05) is 5.73 Å². The number of carbonyl (C=O) groups excluding carboxylic acids is 1. The number of ether oxygens (including phenoxy) is 1. The van der Waals surface area contributed by atoms with Gasteiger partial charge in [-0.3, -0.25) is 0 Å². The second-order valence-corrected chi connectivity index (χ2v) is 5.64. The molecule has 0 aliphatic rings. The van der Waals surface area contributed by atoms with E-state index >= 15 is 0 Å². The topological polar surface area (TPSA) is 52.3 Å². The Labute approximate surface area is 133 Å². The summed E-state index contributed by atoms with van der Waals surface area (Å²) in [7, 11) is 0. The summed E-state index contributed by atoms with van der Waals surface area (Å²) in [5, 5.41) is 0.470. The van der Waals surface area contributed by atoms with Crippen molar-refractivity contribution in [1.82, 2.24) is 0 Å². The van der Waals surface area contributed by atoms with Gasteiger partial charge in [0.15, 0.2) is 0 Å². The van der Waals surface area contributed by atoms with Gasteiger partial charge in [0, 0.05) is 0 Å². The van der Waals surface area contributed by atoms with Gasteiger partial charge in [0.1, 0.15) is 6.61 Å². The summed E-state index contributed by atoms with van der Waals surface area (Å²) in [6, 6.07) is 8.82. The first-order chi connectivity index (χ1) is 9.88. The summed E-state index contributed by atoms with van der Waals surface area (Å²) in [5.74, 6) is -0.488. The molecule has 0 aliphatic heterocycles. The highest BCUT2D eigenvalue weighted by molar-refractivity contribution is 6.43. The molecule has 0 unspecified atom stereocenters. The van der Waals surface area contributed by atoms with Crippen LogP contribution in [0.2, 0.25) is 10.0 Å². The summed E-state index contributed by atoms with van der Waals surface area (Å²) in [4.78, 5) is 12.0. The molecule has 2 N–H and O–H groups in total. The Balaban J connectivity index is 2.10. The Morgan fingerprint density at radius 1 is 1.14 bits per heavy atom. The predicted octanol–water partition coefficient (Wildman–Crippen LogP) is 4.55. The molecular weight excluding hydrogens is 309 g/mol. The van der Waals surface area contributed by atoms with Crippen molar-refractivity contribution >= 4 is 34.9 Å². The third-order valence-corrected chi connectivity index (χ3v) is 4.05. The van der Waals surface area contributed by atoms with Crippen LogP contribution in [-0.4, -0.2) is 5.97 Å². The van der Waals surface area contributed by atoms with Crippen LogP contribution in [-0.2, 0) is 11.3 Å². The molecule has 2 aromatic rings. The van der Waals surface area contributed by atoms with Crippen molar-refractivity contribution in [3.8, 4) is 0 Å². The molecule has 2 rings (SSSR count). The molecule has 0 spiro atoms. The van der Waals surface area contributed by atoms with Gasteiger partial charge in [0.25, 0.3) is 0 Å². The zero-order chi connectivity index (χ0) is 15.6. The van der Waals surface area contributed by atoms with E-state index in [0.717, 1.165) is 11.1 Å². The number of hydrogen-bond donors (Lipinski definition) is 1. The monoisotopic (exact) mass is 323 g/mol. The number of hydrogen-bond acceptors (Lipinski definition) is 3. The third-order valence-electron chi connectivity index (χ3n) is 3.23. The smallest absolute Gasteiger partial charge is 0.338 e. The van der Waals surface area contributed by atoms with E-state index in [2.05, 4.69) is 0 Å². The fourth-order valence-corrected chi connectivity index (χ4v) is 2.19. The molecule has 21 heavy (non-hydrogen) atoms. The first kappa shape index (κ1) is 15.7. The number of nitrogens with two attached hydrogens (primary N) is 1. The number of nitrogen functional groups attached to an aromatic ring is 1. The van der Waals surface area contributed by atoms with Crippen LogP contribution in [0, 0.1) is 13.8 Å². The van der Waals surface area contributed by atoms with Crippen molar-refractivity contribution < 1.29 is 9.53 Å². The molecule has 3 nitrogen and oxygen atoms in total. The number of benzene rings is 2. The molecule has 0 bridgehead atoms. The number of anilines is 1. The maximum atomic E-state index is 12.0. The van der Waals surface area contributed by atoms with E-state index in [0.29, 0.717) is 0 Å². The van der Waals surface area contributed by atoms with Crippen molar-refractivity contribution in [1.29, 1.82) is 0 Å². The number of carbonyl (C=O) groups is 1. The minimum Gasteiger partial charge on any atom is -0.457 e. The van der Waals surface area contributed by atoms with Gasteiger partial charge in [0.2, 0.25) is 0 Å². The molecule has 5 heteroatoms. The summed E-state index contributed by atoms with van der Waals surface area (Å²) in [5.41, 5.74) is 9.50. The van der Waals surface area contributed by atoms with Gasteiger partial charge < -0.3 is 10.5 Å². The van der Waals surface area contributed by atoms with E-state index in [-0.39, 0.29) is 27.9 Å². The Bertz CT molecular complexity index is 676. The number of halogens is 2. The van der Waals surface area contributed by atoms with Crippen LogP contribution in [0.1, 0.15) is 27.0 Å². The minimum atomic E-state index is -0.488. The van der Waals surface area contributed by atoms with Crippen LogP contribution in [0.3, 0.4) is 0 Å². The molecule has 110 valence electrons. The van der Waals surface area contributed by atoms with Crippen LogP contribution in [0.5, 0.6) is 0 Å². The predicted molar refractivity (Wildman–Crippen MR) is 85.9 cm³/mol. The zero-order valence-corrected chi connectivity index (χ0v) is 13.3. The lowest BCUT2D eigenvalue weighted by Crippen LogP contribution is -2.06. The van der Waals surface area contributed by atoms with Gasteiger partial charge in [-0.1, -0.05) is 41.4 Å². The Morgan fingerprint density at radius 3 is 2.48 bits per heavy atom. The highest BCUT2D eigenvalue weighted by atomic mass is 35.5. The van der Waals surface area contributed by atoms with Crippen molar-refractivity contribution in [2.45, 2.75) is 20.5 Å². The standard InChI is InChI=1S/C16H15Cl2NO2/c1-9-3-4-11(5-10(9)2)8-21-16(20)12-6-13(17)15(18)14(19)7-12/h3-7H,8,19H2,1-2H3. The molecule has 0 amide bonds. The van der Waals surface area contributed by atoms with Gasteiger partial charge >= 0.3 is 5.97 Å². The van der Waals surface area contributed by atoms with E-state index in [1.54, 1.807) is 0 Å². The average molecular weight is 324 g/mol. The van der Waals surface area contributed by atoms with Crippen LogP contribution in [0.15, 0.2) is 30.3 Å². The lowest BCUT2D eigenvalue weighted by molar-refractivity contribution is 0.0472. The maximum Gasteiger partial charge on any atom is 0.338 e. The second-order valence-electron chi connectivity index (χ2n) is 4.86. The molecule has 0 radical (unpaired) electrons. The highest BCUT2D eigenvalue weighted by Gasteiger charge is 2.12. The SMILES string of the molecule is Cc1ccc(COC(=O)c2cc(N)c(Cl)c(Cl)c2)cc1C. The van der Waals surface area contributed by atoms with Crippen LogP contribution in [0.25, 0.3) is 0 Å². The maximum absolute atomic E-state index is 12.0. The second kappa shape index (κ2) is 6.37. The van der Waals surface area contributed by atoms with Crippen molar-refractivity contribution in [2.24, 2.45) is 0 Å². The largest absolute Gasteiger partial charge is 0.457 e. The molecule has 0 aromatic heterocycles. The van der Waals surface area contributed by atoms with E-state index in [4.69, 9.17) is 33.7 Å². The first-order valence-corrected chi connectivity index (χ1v) is 7.12. The molecule has 0 heterocycles. The lowest BCUT2D eigenvalue weighted by Gasteiger charge is -2.09. The van der Waals surface area contributed by atoms with Gasteiger partial charge in [0.05, 0.1) is 21.3 Å². The molecule has 0 atom stereocenters. The molecular formula is C16H15Cl2NO2. The third kappa shape index (κ3) is 3.69. The summed E-state index contributed by atoms with van der Waals surface area (Å²) < 4.78 is 5.26. The van der Waals surface area contributed by atoms with Gasteiger partial charge in [-0.25, -0.2) is 4.79 Å². The number of rotatable bonds is 3. The van der Waals surface area contributed by atoms with E-state index in [1.165, 1.54) is 17.7 Å². The van der Waals surface area contributed by atoms with Crippen molar-refractivity contribution in [3.63, 3.8) is 0 Å². The van der Waals surface area contributed by atoms with Crippen LogP contribution < -0.4 is 5.73 Å². The zero-order valence-electron chi connectivity index (χ0n) is 11.7. The Hall–Kier alpha value is -1.71. The van der Waals surface area contributed by atoms with Gasteiger partial charge in [-0.2, -0.15) is 0 Å². The molecule has 0 fully saturated rings. The van der Waals surface area contributed by atoms with Crippen LogP contribution >= 0.6 is 23.2 Å². The lowest BCUT2D eigenvalue weighted by atomic mass is 10.1. The summed E-state index contributed by atoms with van der Waals surface area (Å²) in [6.07, 6.45) is 0. The normalized spacial score (nSPS) is 10.5. The van der Waals surface area contributed by atoms with Gasteiger partial charge in [-0.15, -0.1) is 0 Å². The van der Waals surface area contributed by atoms with E-state index in [1.807, 2.05) is 32.0 Å². The van der Waals surface area contributed by atoms with Gasteiger partial charge in [-0.05, 0) is 42.7 Å². The first-order valence-electron chi connectivity index (χ1n) is 6.36. The molecule has 0 aliphatic carbocycles. The highest BCUT2D eigenvalue weighted by Crippen LogP contribution is 2.29. The average Bonchev–Trinajstić information content (AvgIpc) is 2.45. The fourth-order valence-electron chi connectivity index (χ4n) is 1.85.